The van der Waals surface area contributed by atoms with Crippen molar-refractivity contribution in [1.29, 1.82) is 0 Å². The molecule has 21 heavy (non-hydrogen) atoms. The first kappa shape index (κ1) is 13.8. The summed E-state index contributed by atoms with van der Waals surface area (Å²) in [5.74, 6) is -0.933. The molecule has 2 N–H and O–H groups in total. The lowest BCUT2D eigenvalue weighted by molar-refractivity contribution is -0.137. The van der Waals surface area contributed by atoms with E-state index in [-0.39, 0.29) is 24.1 Å². The van der Waals surface area contributed by atoms with E-state index in [2.05, 4.69) is 10.6 Å². The molecule has 2 aliphatic rings. The second kappa shape index (κ2) is 5.29. The van der Waals surface area contributed by atoms with Gasteiger partial charge in [-0.2, -0.15) is 0 Å². The zero-order valence-electron chi connectivity index (χ0n) is 11.8. The fourth-order valence-electron chi connectivity index (χ4n) is 2.73. The average Bonchev–Trinajstić information content (AvgIpc) is 2.74. The zero-order chi connectivity index (χ0) is 15.0. The molecule has 1 fully saturated rings. The number of imide groups is 1. The first-order valence-electron chi connectivity index (χ1n) is 7.00. The highest BCUT2D eigenvalue weighted by atomic mass is 16.2. The van der Waals surface area contributed by atoms with Crippen LogP contribution in [0.25, 0.3) is 0 Å². The van der Waals surface area contributed by atoms with Gasteiger partial charge in [0.2, 0.25) is 5.91 Å². The highest BCUT2D eigenvalue weighted by molar-refractivity contribution is 6.08. The van der Waals surface area contributed by atoms with Crippen LogP contribution in [0.5, 0.6) is 0 Å². The van der Waals surface area contributed by atoms with E-state index in [1.54, 1.807) is 6.07 Å². The molecule has 3 rings (SSSR count). The Labute approximate surface area is 122 Å². The van der Waals surface area contributed by atoms with Gasteiger partial charge in [-0.25, -0.2) is 0 Å². The van der Waals surface area contributed by atoms with Crippen LogP contribution < -0.4 is 10.6 Å². The van der Waals surface area contributed by atoms with Gasteiger partial charge >= 0.3 is 0 Å². The Hall–Kier alpha value is -2.21. The van der Waals surface area contributed by atoms with Crippen LogP contribution in [-0.4, -0.2) is 42.3 Å². The number of amides is 3. The summed E-state index contributed by atoms with van der Waals surface area (Å²) in [6.45, 7) is 1.70. The first-order chi connectivity index (χ1) is 10.1. The van der Waals surface area contributed by atoms with Gasteiger partial charge in [-0.15, -0.1) is 0 Å². The van der Waals surface area contributed by atoms with E-state index in [9.17, 15) is 14.4 Å². The second-order valence-corrected chi connectivity index (χ2v) is 5.43. The standard InChI is InChI=1S/C15H17N3O3/c1-18-13(19)7-12(15(18)21)17-14(20)10-3-2-9-4-5-16-8-11(9)6-10/h2-3,6,12,16H,4-5,7-8H2,1H3,(H,17,20). The van der Waals surface area contributed by atoms with Crippen molar-refractivity contribution in [1.82, 2.24) is 15.5 Å². The number of carbonyl (C=O) groups excluding carboxylic acids is 3. The fourth-order valence-corrected chi connectivity index (χ4v) is 2.73. The van der Waals surface area contributed by atoms with Crippen LogP contribution in [0.3, 0.4) is 0 Å². The molecular weight excluding hydrogens is 270 g/mol. The number of rotatable bonds is 2. The summed E-state index contributed by atoms with van der Waals surface area (Å²) in [6, 6.07) is 4.83. The van der Waals surface area contributed by atoms with Crippen molar-refractivity contribution >= 4 is 17.7 Å². The Morgan fingerprint density at radius 3 is 2.86 bits per heavy atom. The zero-order valence-corrected chi connectivity index (χ0v) is 11.8. The number of carbonyl (C=O) groups is 3. The molecule has 1 saturated heterocycles. The lowest BCUT2D eigenvalue weighted by Gasteiger charge is -2.18. The Balaban J connectivity index is 1.74. The van der Waals surface area contributed by atoms with E-state index >= 15 is 0 Å². The largest absolute Gasteiger partial charge is 0.340 e. The maximum absolute atomic E-state index is 12.2. The van der Waals surface area contributed by atoms with Gasteiger partial charge in [-0.05, 0) is 36.2 Å². The van der Waals surface area contributed by atoms with Gasteiger partial charge in [0.25, 0.3) is 11.8 Å². The van der Waals surface area contributed by atoms with Crippen molar-refractivity contribution in [3.8, 4) is 0 Å². The SMILES string of the molecule is CN1C(=O)CC(NC(=O)c2ccc3c(c2)CNCC3)C1=O. The normalized spacial score (nSPS) is 21.4. The van der Waals surface area contributed by atoms with E-state index in [4.69, 9.17) is 0 Å². The molecule has 6 nitrogen and oxygen atoms in total. The Kier molecular flexibility index (Phi) is 3.47. The van der Waals surface area contributed by atoms with Crippen LogP contribution in [0.4, 0.5) is 0 Å². The summed E-state index contributed by atoms with van der Waals surface area (Å²) in [7, 11) is 1.43. The number of likely N-dealkylation sites (tertiary alicyclic amines) is 1. The van der Waals surface area contributed by atoms with Gasteiger partial charge in [0.05, 0.1) is 6.42 Å². The van der Waals surface area contributed by atoms with Crippen molar-refractivity contribution in [3.63, 3.8) is 0 Å². The number of hydrogen-bond donors (Lipinski definition) is 2. The van der Waals surface area contributed by atoms with Crippen LogP contribution in [0.1, 0.15) is 27.9 Å². The molecule has 110 valence electrons. The molecule has 2 aliphatic heterocycles. The third kappa shape index (κ3) is 2.54. The molecular formula is C15H17N3O3. The maximum atomic E-state index is 12.2. The average molecular weight is 287 g/mol. The summed E-state index contributed by atoms with van der Waals surface area (Å²) in [4.78, 5) is 36.5. The minimum atomic E-state index is -0.746. The van der Waals surface area contributed by atoms with Crippen LogP contribution in [0.15, 0.2) is 18.2 Å². The van der Waals surface area contributed by atoms with Crippen LogP contribution in [0, 0.1) is 0 Å². The molecule has 2 heterocycles. The van der Waals surface area contributed by atoms with Crippen molar-refractivity contribution in [2.75, 3.05) is 13.6 Å². The molecule has 0 bridgehead atoms. The second-order valence-electron chi connectivity index (χ2n) is 5.43. The van der Waals surface area contributed by atoms with Crippen LogP contribution in [-0.2, 0) is 22.6 Å². The predicted molar refractivity (Wildman–Crippen MR) is 75.5 cm³/mol. The van der Waals surface area contributed by atoms with Gasteiger partial charge in [0.15, 0.2) is 0 Å². The van der Waals surface area contributed by atoms with Gasteiger partial charge in [-0.3, -0.25) is 19.3 Å². The van der Waals surface area contributed by atoms with Crippen molar-refractivity contribution < 1.29 is 14.4 Å². The van der Waals surface area contributed by atoms with E-state index in [0.717, 1.165) is 30.0 Å². The molecule has 1 unspecified atom stereocenters. The van der Waals surface area contributed by atoms with E-state index in [1.807, 2.05) is 12.1 Å². The number of nitrogens with zero attached hydrogens (tertiary/aromatic N) is 1. The summed E-state index contributed by atoms with van der Waals surface area (Å²) in [6.07, 6.45) is 0.991. The van der Waals surface area contributed by atoms with E-state index < -0.39 is 6.04 Å². The number of hydrogen-bond acceptors (Lipinski definition) is 4. The summed E-state index contributed by atoms with van der Waals surface area (Å²) in [5.41, 5.74) is 2.88. The first-order valence-corrected chi connectivity index (χ1v) is 7.00. The Bertz CT molecular complexity index is 627. The Morgan fingerprint density at radius 2 is 2.14 bits per heavy atom. The maximum Gasteiger partial charge on any atom is 0.252 e. The number of nitrogens with one attached hydrogen (secondary N) is 2. The van der Waals surface area contributed by atoms with Crippen molar-refractivity contribution in [2.24, 2.45) is 0 Å². The topological polar surface area (TPSA) is 78.5 Å². The molecule has 0 spiro atoms. The molecule has 0 saturated carbocycles. The number of benzene rings is 1. The minimum Gasteiger partial charge on any atom is -0.340 e. The molecule has 1 atom stereocenters. The molecule has 6 heteroatoms. The smallest absolute Gasteiger partial charge is 0.252 e. The third-order valence-electron chi connectivity index (χ3n) is 4.04. The summed E-state index contributed by atoms with van der Waals surface area (Å²) in [5, 5.41) is 5.90. The van der Waals surface area contributed by atoms with Gasteiger partial charge in [0.1, 0.15) is 6.04 Å². The molecule has 0 aliphatic carbocycles. The van der Waals surface area contributed by atoms with Crippen LogP contribution >= 0.6 is 0 Å². The minimum absolute atomic E-state index is 0.0353. The lowest BCUT2D eigenvalue weighted by Crippen LogP contribution is -2.40. The highest BCUT2D eigenvalue weighted by Gasteiger charge is 2.37. The molecule has 0 radical (unpaired) electrons. The van der Waals surface area contributed by atoms with Crippen molar-refractivity contribution in [2.45, 2.75) is 25.4 Å². The van der Waals surface area contributed by atoms with E-state index in [1.165, 1.54) is 12.6 Å². The Morgan fingerprint density at radius 1 is 1.33 bits per heavy atom. The fraction of sp³-hybridized carbons (Fsp3) is 0.400. The quantitative estimate of drug-likeness (QED) is 0.740. The van der Waals surface area contributed by atoms with Crippen LogP contribution in [0.2, 0.25) is 0 Å². The van der Waals surface area contributed by atoms with Gasteiger partial charge < -0.3 is 10.6 Å². The third-order valence-corrected chi connectivity index (χ3v) is 4.04. The summed E-state index contributed by atoms with van der Waals surface area (Å²) < 4.78 is 0. The monoisotopic (exact) mass is 287 g/mol. The molecule has 3 amide bonds. The van der Waals surface area contributed by atoms with Crippen molar-refractivity contribution in [3.05, 3.63) is 34.9 Å². The molecule has 1 aromatic rings. The molecule has 1 aromatic carbocycles. The van der Waals surface area contributed by atoms with Gasteiger partial charge in [-0.1, -0.05) is 6.07 Å². The number of fused-ring (bicyclic) bond motifs is 1. The molecule has 0 aromatic heterocycles. The number of likely N-dealkylation sites (N-methyl/N-ethyl adjacent to an activating group) is 1. The lowest BCUT2D eigenvalue weighted by atomic mass is 9.98. The van der Waals surface area contributed by atoms with E-state index in [0.29, 0.717) is 5.56 Å². The predicted octanol–water partition coefficient (Wildman–Crippen LogP) is -0.181. The van der Waals surface area contributed by atoms with Gasteiger partial charge in [0, 0.05) is 19.2 Å². The highest BCUT2D eigenvalue weighted by Crippen LogP contribution is 2.17. The summed E-state index contributed by atoms with van der Waals surface area (Å²) >= 11 is 0.